The minimum atomic E-state index is -0.991. The van der Waals surface area contributed by atoms with Gasteiger partial charge in [0, 0.05) is 12.6 Å². The molecule has 0 aromatic heterocycles. The van der Waals surface area contributed by atoms with Crippen LogP contribution in [0.5, 0.6) is 11.5 Å². The van der Waals surface area contributed by atoms with Gasteiger partial charge in [0.25, 0.3) is 0 Å². The molecule has 0 aliphatic heterocycles. The average molecular weight is 336 g/mol. The van der Waals surface area contributed by atoms with E-state index < -0.39 is 17.4 Å². The molecule has 130 valence electrons. The third-order valence-corrected chi connectivity index (χ3v) is 3.21. The summed E-state index contributed by atoms with van der Waals surface area (Å²) in [7, 11) is 0. The van der Waals surface area contributed by atoms with Crippen molar-refractivity contribution in [1.82, 2.24) is 0 Å². The lowest BCUT2D eigenvalue weighted by Gasteiger charge is -2.14. The molecule has 2 aromatic carbocycles. The minimum absolute atomic E-state index is 0. The van der Waals surface area contributed by atoms with E-state index in [0.717, 1.165) is 12.1 Å². The molecule has 0 saturated carbocycles. The summed E-state index contributed by atoms with van der Waals surface area (Å²) in [5, 5.41) is 0. The summed E-state index contributed by atoms with van der Waals surface area (Å²) in [4.78, 5) is 15.5. The lowest BCUT2D eigenvalue weighted by Crippen LogP contribution is -2.02. The zero-order valence-electron chi connectivity index (χ0n) is 14.1. The number of carbonyl (C=O) groups is 1. The summed E-state index contributed by atoms with van der Waals surface area (Å²) >= 11 is 0. The third-order valence-electron chi connectivity index (χ3n) is 3.21. The number of ketones is 1. The molecule has 6 heteroatoms. The van der Waals surface area contributed by atoms with Gasteiger partial charge < -0.3 is 10.5 Å². The number of nitrogens with two attached hydrogens (primary N) is 1. The molecule has 24 heavy (non-hydrogen) atoms. The number of benzene rings is 2. The zero-order valence-corrected chi connectivity index (χ0v) is 14.1. The standard InChI is InChI=1S/C16H14F2N2O2.C2H6.H2/c1-8-13(7-6-12(20-3)14(8)9(2)21)22-16-10(17)4-5-11(19)15(16)18;1-2;/h4-7H,3,19H2,1-2H3;1-2H3;1H. The Hall–Kier alpha value is -2.76. The van der Waals surface area contributed by atoms with Crippen LogP contribution in [0.25, 0.3) is 0 Å². The topological polar surface area (TPSA) is 64.7 Å². The molecule has 0 heterocycles. The number of hydrogen-bond donors (Lipinski definition) is 1. The van der Waals surface area contributed by atoms with Gasteiger partial charge in [0.05, 0.1) is 11.4 Å². The van der Waals surface area contributed by atoms with E-state index in [-0.39, 0.29) is 24.2 Å². The number of halogens is 2. The number of nitrogen functional groups attached to an aromatic ring is 1. The Morgan fingerprint density at radius 1 is 1.25 bits per heavy atom. The Labute approximate surface area is 141 Å². The Morgan fingerprint density at radius 2 is 1.88 bits per heavy atom. The predicted octanol–water partition coefficient (Wildman–Crippen LogP) is 5.45. The lowest BCUT2D eigenvalue weighted by molar-refractivity contribution is 0.101. The van der Waals surface area contributed by atoms with E-state index >= 15 is 0 Å². The number of anilines is 1. The summed E-state index contributed by atoms with van der Waals surface area (Å²) in [6.07, 6.45) is 0. The summed E-state index contributed by atoms with van der Waals surface area (Å²) in [6, 6.07) is 5.08. The number of nitrogens with zero attached hydrogens (tertiary/aromatic N) is 1. The summed E-state index contributed by atoms with van der Waals surface area (Å²) in [6.45, 7) is 10.4. The van der Waals surface area contributed by atoms with Crippen LogP contribution in [0.3, 0.4) is 0 Å². The Bertz CT molecular complexity index is 780. The number of hydrogen-bond acceptors (Lipinski definition) is 4. The molecule has 0 unspecified atom stereocenters. The van der Waals surface area contributed by atoms with Gasteiger partial charge >= 0.3 is 0 Å². The van der Waals surface area contributed by atoms with Crippen LogP contribution < -0.4 is 10.5 Å². The van der Waals surface area contributed by atoms with Crippen LogP contribution in [0.4, 0.5) is 20.2 Å². The first-order chi connectivity index (χ1) is 11.4. The first-order valence-electron chi connectivity index (χ1n) is 7.39. The van der Waals surface area contributed by atoms with Crippen molar-refractivity contribution in [3.63, 3.8) is 0 Å². The fraction of sp³-hybridized carbons (Fsp3) is 0.222. The molecule has 0 radical (unpaired) electrons. The van der Waals surface area contributed by atoms with Gasteiger partial charge in [-0.15, -0.1) is 0 Å². The van der Waals surface area contributed by atoms with Gasteiger partial charge in [0.1, 0.15) is 5.75 Å². The molecule has 0 aliphatic carbocycles. The Kier molecular flexibility index (Phi) is 6.58. The first-order valence-corrected chi connectivity index (χ1v) is 7.39. The molecular weight excluding hydrogens is 314 g/mol. The van der Waals surface area contributed by atoms with Crippen molar-refractivity contribution >= 4 is 23.9 Å². The van der Waals surface area contributed by atoms with Crippen molar-refractivity contribution in [2.24, 2.45) is 4.99 Å². The number of aliphatic imine (C=N–C) groups is 1. The molecule has 0 spiro atoms. The SMILES string of the molecule is C=Nc1ccc(Oc2c(F)ccc(N)c2F)c(C)c1C(C)=O.CC.[HH]. The van der Waals surface area contributed by atoms with Crippen molar-refractivity contribution in [3.8, 4) is 11.5 Å². The summed E-state index contributed by atoms with van der Waals surface area (Å²) in [5.41, 5.74) is 6.26. The largest absolute Gasteiger partial charge is 0.451 e. The molecule has 2 rings (SSSR count). The molecule has 4 nitrogen and oxygen atoms in total. The fourth-order valence-electron chi connectivity index (χ4n) is 2.12. The summed E-state index contributed by atoms with van der Waals surface area (Å²) in [5.74, 6) is -2.60. The molecule has 0 atom stereocenters. The van der Waals surface area contributed by atoms with Gasteiger partial charge in [-0.25, -0.2) is 8.78 Å². The highest BCUT2D eigenvalue weighted by Gasteiger charge is 2.19. The van der Waals surface area contributed by atoms with Crippen molar-refractivity contribution in [2.45, 2.75) is 27.7 Å². The van der Waals surface area contributed by atoms with E-state index in [0.29, 0.717) is 11.3 Å². The number of rotatable bonds is 4. The third kappa shape index (κ3) is 3.76. The second-order valence-electron chi connectivity index (χ2n) is 4.68. The molecule has 0 amide bonds. The second kappa shape index (κ2) is 8.19. The zero-order chi connectivity index (χ0) is 18.4. The molecule has 2 aromatic rings. The quantitative estimate of drug-likeness (QED) is 0.458. The number of ether oxygens (including phenoxy) is 1. The van der Waals surface area contributed by atoms with Crippen molar-refractivity contribution in [3.05, 3.63) is 47.0 Å². The maximum absolute atomic E-state index is 13.9. The van der Waals surface area contributed by atoms with Crippen LogP contribution in [0, 0.1) is 18.6 Å². The highest BCUT2D eigenvalue weighted by atomic mass is 19.1. The average Bonchev–Trinajstić information content (AvgIpc) is 2.57. The highest BCUT2D eigenvalue weighted by Crippen LogP contribution is 2.36. The van der Waals surface area contributed by atoms with Crippen LogP contribution >= 0.6 is 0 Å². The maximum Gasteiger partial charge on any atom is 0.200 e. The van der Waals surface area contributed by atoms with E-state index in [1.54, 1.807) is 6.92 Å². The van der Waals surface area contributed by atoms with Crippen LogP contribution in [0.2, 0.25) is 0 Å². The maximum atomic E-state index is 13.9. The van der Waals surface area contributed by atoms with Crippen molar-refractivity contribution in [2.75, 3.05) is 5.73 Å². The molecule has 0 fully saturated rings. The smallest absolute Gasteiger partial charge is 0.200 e. The number of Topliss-reactive ketones (excluding diaryl/α,β-unsaturated/α-hetero) is 1. The molecule has 2 N–H and O–H groups in total. The minimum Gasteiger partial charge on any atom is -0.451 e. The van der Waals surface area contributed by atoms with Crippen molar-refractivity contribution < 1.29 is 19.7 Å². The first kappa shape index (κ1) is 19.3. The lowest BCUT2D eigenvalue weighted by atomic mass is 10.0. The van der Waals surface area contributed by atoms with E-state index in [2.05, 4.69) is 11.7 Å². The monoisotopic (exact) mass is 336 g/mol. The second-order valence-corrected chi connectivity index (χ2v) is 4.68. The van der Waals surface area contributed by atoms with Gasteiger partial charge in [-0.2, -0.15) is 0 Å². The van der Waals surface area contributed by atoms with E-state index in [4.69, 9.17) is 10.5 Å². The Balaban J connectivity index is 0.00000185. The van der Waals surface area contributed by atoms with Crippen molar-refractivity contribution in [1.29, 1.82) is 0 Å². The Morgan fingerprint density at radius 3 is 2.42 bits per heavy atom. The van der Waals surface area contributed by atoms with Gasteiger partial charge in [-0.3, -0.25) is 9.79 Å². The highest BCUT2D eigenvalue weighted by molar-refractivity contribution is 6.01. The van der Waals surface area contributed by atoms with Gasteiger partial charge in [-0.05, 0) is 44.8 Å². The van der Waals surface area contributed by atoms with E-state index in [1.165, 1.54) is 19.1 Å². The molecule has 0 aliphatic rings. The molecule has 0 saturated heterocycles. The number of carbonyl (C=O) groups excluding carboxylic acids is 1. The predicted molar refractivity (Wildman–Crippen MR) is 94.7 cm³/mol. The van der Waals surface area contributed by atoms with Gasteiger partial charge in [-0.1, -0.05) is 13.8 Å². The van der Waals surface area contributed by atoms with E-state index in [9.17, 15) is 13.6 Å². The van der Waals surface area contributed by atoms with Gasteiger partial charge in [0.15, 0.2) is 17.4 Å². The van der Waals surface area contributed by atoms with Crippen LogP contribution in [0.1, 0.15) is 38.1 Å². The van der Waals surface area contributed by atoms with Crippen LogP contribution in [0.15, 0.2) is 29.3 Å². The van der Waals surface area contributed by atoms with Gasteiger partial charge in [0.2, 0.25) is 5.75 Å². The van der Waals surface area contributed by atoms with Crippen LogP contribution in [-0.2, 0) is 0 Å². The molecule has 0 bridgehead atoms. The fourth-order valence-corrected chi connectivity index (χ4v) is 2.12. The normalized spacial score (nSPS) is 9.75. The summed E-state index contributed by atoms with van der Waals surface area (Å²) < 4.78 is 32.9. The van der Waals surface area contributed by atoms with E-state index in [1.807, 2.05) is 13.8 Å². The van der Waals surface area contributed by atoms with Crippen LogP contribution in [-0.4, -0.2) is 12.5 Å². The molecular formula is C18H22F2N2O2.